The normalized spacial score (nSPS) is 19.5. The van der Waals surface area contributed by atoms with Crippen LogP contribution in [0.2, 0.25) is 0 Å². The Kier molecular flexibility index (Phi) is 7.99. The van der Waals surface area contributed by atoms with Gasteiger partial charge in [-0.05, 0) is 69.2 Å². The second-order valence-corrected chi connectivity index (χ2v) is 8.84. The third-order valence-electron chi connectivity index (χ3n) is 5.03. The summed E-state index contributed by atoms with van der Waals surface area (Å²) >= 11 is 2.04. The largest absolute Gasteiger partial charge is 0.310 e. The number of thioether (sulfide) groups is 1. The van der Waals surface area contributed by atoms with Crippen LogP contribution in [0, 0.1) is 25.2 Å². The highest BCUT2D eigenvalue weighted by atomic mass is 32.2. The lowest BCUT2D eigenvalue weighted by molar-refractivity contribution is -0.119. The third kappa shape index (κ3) is 5.75. The summed E-state index contributed by atoms with van der Waals surface area (Å²) in [5.41, 5.74) is 3.18. The standard InChI is InChI=1S/C21H31N3OS/c1-5-26-20-8-7-18(14-20)23(4)15-21(25)24(10-6-9-22)19-12-16(2)11-17(3)13-19/h11-13,18,20H,5-8,10,14-15H2,1-4H3/t18-,20+/m0/s1. The Labute approximate surface area is 162 Å². The second kappa shape index (κ2) is 9.99. The number of rotatable bonds is 8. The smallest absolute Gasteiger partial charge is 0.241 e. The summed E-state index contributed by atoms with van der Waals surface area (Å²) in [4.78, 5) is 17.0. The quantitative estimate of drug-likeness (QED) is 0.686. The number of nitriles is 1. The lowest BCUT2D eigenvalue weighted by Crippen LogP contribution is -2.42. The molecule has 4 nitrogen and oxygen atoms in total. The second-order valence-electron chi connectivity index (χ2n) is 7.26. The third-order valence-corrected chi connectivity index (χ3v) is 6.27. The lowest BCUT2D eigenvalue weighted by atomic mass is 10.1. The average molecular weight is 374 g/mol. The van der Waals surface area contributed by atoms with E-state index in [0.717, 1.165) is 27.8 Å². The number of nitrogens with zero attached hydrogens (tertiary/aromatic N) is 3. The fourth-order valence-corrected chi connectivity index (χ4v) is 4.93. The molecule has 0 N–H and O–H groups in total. The van der Waals surface area contributed by atoms with E-state index in [1.54, 1.807) is 4.90 Å². The molecule has 1 amide bonds. The Morgan fingerprint density at radius 2 is 1.96 bits per heavy atom. The van der Waals surface area contributed by atoms with Crippen LogP contribution >= 0.6 is 11.8 Å². The predicted octanol–water partition coefficient (Wildman–Crippen LogP) is 4.16. The molecule has 1 fully saturated rings. The Hall–Kier alpha value is -1.51. The van der Waals surface area contributed by atoms with Crippen molar-refractivity contribution in [1.29, 1.82) is 5.26 Å². The first-order valence-electron chi connectivity index (χ1n) is 9.52. The van der Waals surface area contributed by atoms with Crippen molar-refractivity contribution in [1.82, 2.24) is 4.90 Å². The van der Waals surface area contributed by atoms with Crippen LogP contribution in [0.3, 0.4) is 0 Å². The van der Waals surface area contributed by atoms with Gasteiger partial charge < -0.3 is 4.90 Å². The molecule has 0 radical (unpaired) electrons. The van der Waals surface area contributed by atoms with E-state index in [-0.39, 0.29) is 5.91 Å². The summed E-state index contributed by atoms with van der Waals surface area (Å²) in [7, 11) is 2.06. The number of carbonyl (C=O) groups excluding carboxylic acids is 1. The predicted molar refractivity (Wildman–Crippen MR) is 111 cm³/mol. The summed E-state index contributed by atoms with van der Waals surface area (Å²) < 4.78 is 0. The molecule has 0 spiro atoms. The Bertz CT molecular complexity index is 635. The van der Waals surface area contributed by atoms with Gasteiger partial charge in [0, 0.05) is 23.5 Å². The van der Waals surface area contributed by atoms with Crippen molar-refractivity contribution in [2.24, 2.45) is 0 Å². The molecule has 0 aliphatic heterocycles. The highest BCUT2D eigenvalue weighted by molar-refractivity contribution is 7.99. The molecule has 0 aromatic heterocycles. The van der Waals surface area contributed by atoms with Crippen LogP contribution in [0.15, 0.2) is 18.2 Å². The maximum absolute atomic E-state index is 13.0. The van der Waals surface area contributed by atoms with E-state index in [1.807, 2.05) is 37.7 Å². The van der Waals surface area contributed by atoms with Crippen molar-refractivity contribution >= 4 is 23.4 Å². The average Bonchev–Trinajstić information content (AvgIpc) is 3.03. The molecule has 1 aliphatic carbocycles. The zero-order valence-electron chi connectivity index (χ0n) is 16.5. The summed E-state index contributed by atoms with van der Waals surface area (Å²) in [6.45, 7) is 7.15. The van der Waals surface area contributed by atoms with Crippen LogP contribution in [0.1, 0.15) is 43.7 Å². The molecule has 1 aromatic carbocycles. The molecule has 5 heteroatoms. The van der Waals surface area contributed by atoms with E-state index < -0.39 is 0 Å². The first kappa shape index (κ1) is 20.8. The molecule has 2 rings (SSSR count). The minimum Gasteiger partial charge on any atom is -0.310 e. The van der Waals surface area contributed by atoms with Crippen LogP contribution in [-0.4, -0.2) is 48.0 Å². The van der Waals surface area contributed by atoms with Crippen molar-refractivity contribution in [3.63, 3.8) is 0 Å². The van der Waals surface area contributed by atoms with Gasteiger partial charge in [-0.2, -0.15) is 17.0 Å². The zero-order valence-corrected chi connectivity index (χ0v) is 17.3. The topological polar surface area (TPSA) is 47.3 Å². The Balaban J connectivity index is 2.05. The van der Waals surface area contributed by atoms with Gasteiger partial charge >= 0.3 is 0 Å². The van der Waals surface area contributed by atoms with Gasteiger partial charge in [0.15, 0.2) is 0 Å². The zero-order chi connectivity index (χ0) is 19.1. The molecule has 1 aromatic rings. The van der Waals surface area contributed by atoms with E-state index in [4.69, 9.17) is 5.26 Å². The number of hydrogen-bond acceptors (Lipinski definition) is 4. The number of likely N-dealkylation sites (N-methyl/N-ethyl adjacent to an activating group) is 1. The van der Waals surface area contributed by atoms with Gasteiger partial charge in [0.2, 0.25) is 5.91 Å². The van der Waals surface area contributed by atoms with Gasteiger partial charge in [0.05, 0.1) is 19.0 Å². The molecule has 1 aliphatic rings. The first-order valence-corrected chi connectivity index (χ1v) is 10.6. The van der Waals surface area contributed by atoms with E-state index >= 15 is 0 Å². The minimum absolute atomic E-state index is 0.0827. The molecule has 0 unspecified atom stereocenters. The Morgan fingerprint density at radius 1 is 1.27 bits per heavy atom. The van der Waals surface area contributed by atoms with Crippen molar-refractivity contribution in [2.75, 3.05) is 30.8 Å². The molecule has 26 heavy (non-hydrogen) atoms. The van der Waals surface area contributed by atoms with E-state index in [2.05, 4.69) is 31.0 Å². The van der Waals surface area contributed by atoms with Gasteiger partial charge in [-0.25, -0.2) is 0 Å². The summed E-state index contributed by atoms with van der Waals surface area (Å²) in [5, 5.41) is 9.72. The highest BCUT2D eigenvalue weighted by Gasteiger charge is 2.29. The van der Waals surface area contributed by atoms with Gasteiger partial charge in [0.1, 0.15) is 0 Å². The molecular weight excluding hydrogens is 342 g/mol. The summed E-state index contributed by atoms with van der Waals surface area (Å²) in [6.07, 6.45) is 3.94. The molecule has 142 valence electrons. The fraction of sp³-hybridized carbons (Fsp3) is 0.619. The van der Waals surface area contributed by atoms with Gasteiger partial charge in [-0.3, -0.25) is 9.69 Å². The van der Waals surface area contributed by atoms with Crippen molar-refractivity contribution in [2.45, 2.75) is 57.7 Å². The van der Waals surface area contributed by atoms with E-state index in [0.29, 0.717) is 25.6 Å². The maximum Gasteiger partial charge on any atom is 0.241 e. The summed E-state index contributed by atoms with van der Waals surface area (Å²) in [5.74, 6) is 1.24. The van der Waals surface area contributed by atoms with Crippen LogP contribution in [0.25, 0.3) is 0 Å². The van der Waals surface area contributed by atoms with Crippen molar-refractivity contribution < 1.29 is 4.79 Å². The van der Waals surface area contributed by atoms with Crippen LogP contribution in [0.5, 0.6) is 0 Å². The first-order chi connectivity index (χ1) is 12.4. The molecule has 0 saturated heterocycles. The minimum atomic E-state index is 0.0827. The van der Waals surface area contributed by atoms with E-state index in [1.165, 1.54) is 19.3 Å². The number of aryl methyl sites for hydroxylation is 2. The number of amides is 1. The monoisotopic (exact) mass is 373 g/mol. The van der Waals surface area contributed by atoms with Crippen molar-refractivity contribution in [3.05, 3.63) is 29.3 Å². The van der Waals surface area contributed by atoms with Crippen molar-refractivity contribution in [3.8, 4) is 6.07 Å². The van der Waals surface area contributed by atoms with Crippen LogP contribution in [-0.2, 0) is 4.79 Å². The van der Waals surface area contributed by atoms with Gasteiger partial charge in [-0.1, -0.05) is 13.0 Å². The van der Waals surface area contributed by atoms with Crippen LogP contribution < -0.4 is 4.90 Å². The number of carbonyl (C=O) groups is 1. The fourth-order valence-electron chi connectivity index (χ4n) is 3.80. The van der Waals surface area contributed by atoms with Crippen LogP contribution in [0.4, 0.5) is 5.69 Å². The summed E-state index contributed by atoms with van der Waals surface area (Å²) in [6, 6.07) is 8.83. The molecular formula is C21H31N3OS. The maximum atomic E-state index is 13.0. The van der Waals surface area contributed by atoms with E-state index in [9.17, 15) is 4.79 Å². The number of benzene rings is 1. The number of hydrogen-bond donors (Lipinski definition) is 0. The number of anilines is 1. The molecule has 2 atom stereocenters. The Morgan fingerprint density at radius 3 is 2.58 bits per heavy atom. The highest BCUT2D eigenvalue weighted by Crippen LogP contribution is 2.32. The molecule has 0 bridgehead atoms. The SMILES string of the molecule is CCS[C@@H]1CC[C@H](N(C)CC(=O)N(CCC#N)c2cc(C)cc(C)c2)C1. The van der Waals surface area contributed by atoms with Gasteiger partial charge in [0.25, 0.3) is 0 Å². The lowest BCUT2D eigenvalue weighted by Gasteiger charge is -2.28. The van der Waals surface area contributed by atoms with Gasteiger partial charge in [-0.15, -0.1) is 0 Å². The molecule has 1 saturated carbocycles. The molecule has 0 heterocycles.